The van der Waals surface area contributed by atoms with E-state index in [0.717, 1.165) is 0 Å². The van der Waals surface area contributed by atoms with Gasteiger partial charge in [-0.1, -0.05) is 17.7 Å². The van der Waals surface area contributed by atoms with Gasteiger partial charge in [-0.25, -0.2) is 9.11 Å². The minimum Gasteiger partial charge on any atom is -0.376 e. The first-order valence-electron chi connectivity index (χ1n) is 9.87. The Morgan fingerprint density at radius 2 is 1.90 bits per heavy atom. The van der Waals surface area contributed by atoms with Gasteiger partial charge in [-0.3, -0.25) is 4.90 Å². The van der Waals surface area contributed by atoms with Crippen molar-refractivity contribution in [3.05, 3.63) is 34.6 Å². The highest BCUT2D eigenvalue weighted by molar-refractivity contribution is 7.87. The number of nitrogens with zero attached hydrogens (tertiary/aromatic N) is 2. The van der Waals surface area contributed by atoms with Crippen LogP contribution >= 0.6 is 11.6 Å². The molecule has 2 saturated heterocycles. The third-order valence-electron chi connectivity index (χ3n) is 5.23. The molecule has 2 aliphatic heterocycles. The normalized spacial score (nSPS) is 28.4. The molecule has 0 radical (unpaired) electrons. The first-order valence-corrected chi connectivity index (χ1v) is 11.7. The average molecular weight is 450 g/mol. The Bertz CT molecular complexity index is 782. The van der Waals surface area contributed by atoms with Gasteiger partial charge in [-0.2, -0.15) is 12.7 Å². The van der Waals surface area contributed by atoms with E-state index in [1.165, 1.54) is 10.4 Å². The molecule has 1 N–H and O–H groups in total. The van der Waals surface area contributed by atoms with Crippen molar-refractivity contribution in [3.8, 4) is 0 Å². The molecule has 7 nitrogen and oxygen atoms in total. The first kappa shape index (κ1) is 22.9. The smallest absolute Gasteiger partial charge is 0.279 e. The summed E-state index contributed by atoms with van der Waals surface area (Å²) in [6, 6.07) is 3.97. The van der Waals surface area contributed by atoms with E-state index >= 15 is 0 Å². The number of benzene rings is 1. The summed E-state index contributed by atoms with van der Waals surface area (Å²) >= 11 is 6.31. The van der Waals surface area contributed by atoms with Crippen LogP contribution in [-0.2, 0) is 19.7 Å². The van der Waals surface area contributed by atoms with Gasteiger partial charge in [0.1, 0.15) is 5.82 Å². The molecule has 2 aliphatic rings. The molecule has 0 spiro atoms. The van der Waals surface area contributed by atoms with Gasteiger partial charge in [0.15, 0.2) is 0 Å². The molecule has 4 unspecified atom stereocenters. The summed E-state index contributed by atoms with van der Waals surface area (Å²) in [5, 5.41) is 0.280. The predicted molar refractivity (Wildman–Crippen MR) is 110 cm³/mol. The first-order chi connectivity index (χ1) is 13.7. The summed E-state index contributed by atoms with van der Waals surface area (Å²) in [5.74, 6) is -0.450. The molecular weight excluding hydrogens is 421 g/mol. The van der Waals surface area contributed by atoms with E-state index < -0.39 is 22.1 Å². The van der Waals surface area contributed by atoms with Gasteiger partial charge in [-0.05, 0) is 32.9 Å². The molecule has 0 aliphatic carbocycles. The second-order valence-corrected chi connectivity index (χ2v) is 9.92. The number of hydrogen-bond acceptors (Lipinski definition) is 5. The lowest BCUT2D eigenvalue weighted by atomic mass is 10.0. The second-order valence-electron chi connectivity index (χ2n) is 7.76. The quantitative estimate of drug-likeness (QED) is 0.720. The van der Waals surface area contributed by atoms with Crippen molar-refractivity contribution >= 4 is 21.8 Å². The van der Waals surface area contributed by atoms with Gasteiger partial charge >= 0.3 is 0 Å². The molecule has 0 saturated carbocycles. The molecule has 29 heavy (non-hydrogen) atoms. The monoisotopic (exact) mass is 449 g/mol. The van der Waals surface area contributed by atoms with Crippen LogP contribution in [0, 0.1) is 5.82 Å². The Morgan fingerprint density at radius 1 is 1.21 bits per heavy atom. The molecular formula is C19H29ClFN3O4S. The van der Waals surface area contributed by atoms with Crippen molar-refractivity contribution in [3.63, 3.8) is 0 Å². The molecule has 1 aromatic rings. The van der Waals surface area contributed by atoms with Gasteiger partial charge < -0.3 is 9.47 Å². The summed E-state index contributed by atoms with van der Waals surface area (Å²) < 4.78 is 55.8. The van der Waals surface area contributed by atoms with Crippen LogP contribution in [-0.4, -0.2) is 75.3 Å². The number of nitrogens with one attached hydrogen (secondary N) is 1. The zero-order valence-electron chi connectivity index (χ0n) is 17.0. The fourth-order valence-corrected chi connectivity index (χ4v) is 5.63. The van der Waals surface area contributed by atoms with Crippen LogP contribution in [0.4, 0.5) is 4.39 Å². The van der Waals surface area contributed by atoms with Crippen molar-refractivity contribution in [1.29, 1.82) is 0 Å². The van der Waals surface area contributed by atoms with Gasteiger partial charge in [0.25, 0.3) is 10.2 Å². The van der Waals surface area contributed by atoms with E-state index in [0.29, 0.717) is 25.3 Å². The molecule has 0 amide bonds. The lowest BCUT2D eigenvalue weighted by Crippen LogP contribution is -2.53. The summed E-state index contributed by atoms with van der Waals surface area (Å²) in [4.78, 5) is 2.02. The lowest BCUT2D eigenvalue weighted by Gasteiger charge is -2.39. The number of rotatable bonds is 6. The SMILES string of the molecule is CC1CN(C(CNS(=O)(=O)N2CC(C)OC(C)C2)c2c(F)cccc2Cl)CCO1. The minimum atomic E-state index is -3.75. The Morgan fingerprint density at radius 3 is 2.52 bits per heavy atom. The molecule has 164 valence electrons. The summed E-state index contributed by atoms with van der Waals surface area (Å²) in [6.45, 7) is 7.80. The molecule has 2 heterocycles. The van der Waals surface area contributed by atoms with E-state index in [2.05, 4.69) is 4.72 Å². The Hall–Kier alpha value is -0.810. The molecule has 1 aromatic carbocycles. The van der Waals surface area contributed by atoms with E-state index in [1.807, 2.05) is 25.7 Å². The highest BCUT2D eigenvalue weighted by Gasteiger charge is 2.34. The van der Waals surface area contributed by atoms with Crippen LogP contribution in [0.1, 0.15) is 32.4 Å². The molecule has 10 heteroatoms. The van der Waals surface area contributed by atoms with Crippen molar-refractivity contribution in [2.45, 2.75) is 45.1 Å². The highest BCUT2D eigenvalue weighted by atomic mass is 35.5. The zero-order valence-corrected chi connectivity index (χ0v) is 18.5. The third-order valence-corrected chi connectivity index (χ3v) is 7.07. The molecule has 4 atom stereocenters. The average Bonchev–Trinajstić information content (AvgIpc) is 2.63. The Balaban J connectivity index is 1.82. The van der Waals surface area contributed by atoms with E-state index in [9.17, 15) is 12.8 Å². The fourth-order valence-electron chi connectivity index (χ4n) is 3.97. The highest BCUT2D eigenvalue weighted by Crippen LogP contribution is 2.31. The zero-order chi connectivity index (χ0) is 21.2. The summed E-state index contributed by atoms with van der Waals surface area (Å²) in [5.41, 5.74) is 0.301. The second kappa shape index (κ2) is 9.55. The lowest BCUT2D eigenvalue weighted by molar-refractivity contribution is -0.0448. The Kier molecular flexibility index (Phi) is 7.53. The largest absolute Gasteiger partial charge is 0.376 e. The van der Waals surface area contributed by atoms with Crippen molar-refractivity contribution in [2.75, 3.05) is 39.3 Å². The van der Waals surface area contributed by atoms with Crippen molar-refractivity contribution < 1.29 is 22.3 Å². The maximum absolute atomic E-state index is 14.7. The van der Waals surface area contributed by atoms with E-state index in [4.69, 9.17) is 21.1 Å². The topological polar surface area (TPSA) is 71.1 Å². The van der Waals surface area contributed by atoms with Crippen LogP contribution in [0.15, 0.2) is 18.2 Å². The van der Waals surface area contributed by atoms with Crippen LogP contribution in [0.25, 0.3) is 0 Å². The van der Waals surface area contributed by atoms with Gasteiger partial charge in [0, 0.05) is 43.3 Å². The van der Waals surface area contributed by atoms with Gasteiger partial charge in [0.05, 0.1) is 31.0 Å². The predicted octanol–water partition coefficient (Wildman–Crippen LogP) is 2.18. The maximum Gasteiger partial charge on any atom is 0.279 e. The van der Waals surface area contributed by atoms with Crippen molar-refractivity contribution in [2.24, 2.45) is 0 Å². The van der Waals surface area contributed by atoms with Crippen LogP contribution in [0.2, 0.25) is 5.02 Å². The maximum atomic E-state index is 14.7. The molecule has 3 rings (SSSR count). The standard InChI is InChI=1S/C19H29ClFN3O4S/c1-13-10-23(7-8-27-13)18(19-16(20)5-4-6-17(19)21)9-22-29(25,26)24-11-14(2)28-15(3)12-24/h4-6,13-15,18,22H,7-12H2,1-3H3. The number of morpholine rings is 2. The van der Waals surface area contributed by atoms with Crippen molar-refractivity contribution in [1.82, 2.24) is 13.9 Å². The van der Waals surface area contributed by atoms with E-state index in [-0.39, 0.29) is 43.0 Å². The number of halogens is 2. The number of hydrogen-bond donors (Lipinski definition) is 1. The molecule has 0 aromatic heterocycles. The summed E-state index contributed by atoms with van der Waals surface area (Å²) in [6.07, 6.45) is -0.409. The van der Waals surface area contributed by atoms with Gasteiger partial charge in [0.2, 0.25) is 0 Å². The Labute approximate surface area is 177 Å². The van der Waals surface area contributed by atoms with Crippen LogP contribution < -0.4 is 4.72 Å². The third kappa shape index (κ3) is 5.66. The van der Waals surface area contributed by atoms with E-state index in [1.54, 1.807) is 12.1 Å². The summed E-state index contributed by atoms with van der Waals surface area (Å²) in [7, 11) is -3.75. The van der Waals surface area contributed by atoms with Gasteiger partial charge in [-0.15, -0.1) is 0 Å². The van der Waals surface area contributed by atoms with Crippen LogP contribution in [0.5, 0.6) is 0 Å². The molecule has 2 fully saturated rings. The molecule has 0 bridgehead atoms. The number of ether oxygens (including phenoxy) is 2. The van der Waals surface area contributed by atoms with Crippen LogP contribution in [0.3, 0.4) is 0 Å². The minimum absolute atomic E-state index is 0.00975. The fraction of sp³-hybridized carbons (Fsp3) is 0.684.